The van der Waals surface area contributed by atoms with Gasteiger partial charge in [0.05, 0.1) is 11.8 Å². The Bertz CT molecular complexity index is 517. The number of para-hydroxylation sites is 1. The van der Waals surface area contributed by atoms with Gasteiger partial charge in [0.25, 0.3) is 0 Å². The topological polar surface area (TPSA) is 34.1 Å². The lowest BCUT2D eigenvalue weighted by Crippen LogP contribution is -2.29. The van der Waals surface area contributed by atoms with Crippen LogP contribution in [0.5, 0.6) is 5.75 Å². The maximum atomic E-state index is 5.30. The molecule has 1 aromatic heterocycles. The summed E-state index contributed by atoms with van der Waals surface area (Å²) in [4.78, 5) is 4.58. The molecule has 2 aromatic rings. The predicted octanol–water partition coefficient (Wildman–Crippen LogP) is 3.70. The Labute approximate surface area is 110 Å². The summed E-state index contributed by atoms with van der Waals surface area (Å²) in [5, 5.41) is 0. The molecule has 2 rings (SSSR count). The molecule has 17 heavy (non-hydrogen) atoms. The van der Waals surface area contributed by atoms with Crippen LogP contribution >= 0.6 is 23.3 Å². The third kappa shape index (κ3) is 3.12. The molecule has 1 N–H and O–H groups in total. The van der Waals surface area contributed by atoms with Crippen LogP contribution in [0.15, 0.2) is 22.5 Å². The minimum atomic E-state index is 0.0760. The second-order valence-corrected chi connectivity index (χ2v) is 6.82. The van der Waals surface area contributed by atoms with E-state index in [1.165, 1.54) is 0 Å². The first-order chi connectivity index (χ1) is 7.99. The minimum absolute atomic E-state index is 0.0760. The summed E-state index contributed by atoms with van der Waals surface area (Å²) in [5.41, 5.74) is 1.02. The highest BCUT2D eigenvalue weighted by molar-refractivity contribution is 7.99. The van der Waals surface area contributed by atoms with Crippen molar-refractivity contribution >= 4 is 33.5 Å². The van der Waals surface area contributed by atoms with Gasteiger partial charge in [-0.1, -0.05) is 6.07 Å². The van der Waals surface area contributed by atoms with Gasteiger partial charge >= 0.3 is 0 Å². The number of rotatable bonds is 3. The van der Waals surface area contributed by atoms with E-state index >= 15 is 0 Å². The molecule has 0 amide bonds. The minimum Gasteiger partial charge on any atom is -0.494 e. The first-order valence-corrected chi connectivity index (χ1v) is 7.00. The van der Waals surface area contributed by atoms with Gasteiger partial charge in [0.1, 0.15) is 11.3 Å². The fourth-order valence-corrected chi connectivity index (χ4v) is 3.11. The van der Waals surface area contributed by atoms with Gasteiger partial charge in [-0.2, -0.15) is 0 Å². The van der Waals surface area contributed by atoms with Crippen LogP contribution in [0, 0.1) is 0 Å². The third-order valence-corrected chi connectivity index (χ3v) is 4.32. The molecule has 5 heteroatoms. The average molecular weight is 268 g/mol. The number of hydrogen-bond donors (Lipinski definition) is 1. The van der Waals surface area contributed by atoms with E-state index in [0.717, 1.165) is 20.3 Å². The van der Waals surface area contributed by atoms with Gasteiger partial charge in [-0.15, -0.1) is 11.3 Å². The van der Waals surface area contributed by atoms with Crippen molar-refractivity contribution in [3.05, 3.63) is 18.2 Å². The van der Waals surface area contributed by atoms with Gasteiger partial charge in [-0.05, 0) is 44.9 Å². The van der Waals surface area contributed by atoms with Gasteiger partial charge in [-0.3, -0.25) is 4.72 Å². The van der Waals surface area contributed by atoms with Crippen LogP contribution in [-0.2, 0) is 0 Å². The molecular formula is C12H16N2OS2. The third-order valence-electron chi connectivity index (χ3n) is 2.03. The van der Waals surface area contributed by atoms with Crippen molar-refractivity contribution in [1.29, 1.82) is 0 Å². The highest BCUT2D eigenvalue weighted by Crippen LogP contribution is 2.33. The Hall–Kier alpha value is -0.780. The van der Waals surface area contributed by atoms with E-state index in [0.29, 0.717) is 0 Å². The van der Waals surface area contributed by atoms with Gasteiger partial charge < -0.3 is 4.74 Å². The molecule has 0 bridgehead atoms. The molecule has 0 fully saturated rings. The highest BCUT2D eigenvalue weighted by atomic mass is 32.2. The van der Waals surface area contributed by atoms with E-state index in [1.54, 1.807) is 30.4 Å². The monoisotopic (exact) mass is 268 g/mol. The normalized spacial score (nSPS) is 12.0. The summed E-state index contributed by atoms with van der Waals surface area (Å²) < 4.78 is 10.8. The van der Waals surface area contributed by atoms with Crippen LogP contribution in [0.4, 0.5) is 0 Å². The van der Waals surface area contributed by atoms with Crippen molar-refractivity contribution in [1.82, 2.24) is 9.71 Å². The van der Waals surface area contributed by atoms with E-state index in [9.17, 15) is 0 Å². The van der Waals surface area contributed by atoms with E-state index in [-0.39, 0.29) is 5.54 Å². The molecular weight excluding hydrogens is 252 g/mol. The Morgan fingerprint density at radius 3 is 2.76 bits per heavy atom. The van der Waals surface area contributed by atoms with Crippen LogP contribution < -0.4 is 9.46 Å². The highest BCUT2D eigenvalue weighted by Gasteiger charge is 2.13. The average Bonchev–Trinajstić information content (AvgIpc) is 2.67. The molecule has 0 aliphatic rings. The number of fused-ring (bicyclic) bond motifs is 1. The zero-order valence-electron chi connectivity index (χ0n) is 10.4. The molecule has 0 spiro atoms. The molecule has 0 radical (unpaired) electrons. The van der Waals surface area contributed by atoms with Gasteiger partial charge in [-0.25, -0.2) is 4.98 Å². The quantitative estimate of drug-likeness (QED) is 0.861. The molecule has 0 saturated heterocycles. The predicted molar refractivity (Wildman–Crippen MR) is 74.9 cm³/mol. The molecule has 92 valence electrons. The van der Waals surface area contributed by atoms with Crippen LogP contribution in [0.25, 0.3) is 10.2 Å². The molecule has 0 atom stereocenters. The van der Waals surface area contributed by atoms with Crippen molar-refractivity contribution in [3.63, 3.8) is 0 Å². The largest absolute Gasteiger partial charge is 0.494 e. The smallest absolute Gasteiger partial charge is 0.166 e. The lowest BCUT2D eigenvalue weighted by atomic mass is 10.1. The van der Waals surface area contributed by atoms with E-state index in [4.69, 9.17) is 4.74 Å². The zero-order valence-corrected chi connectivity index (χ0v) is 12.0. The summed E-state index contributed by atoms with van der Waals surface area (Å²) in [5.74, 6) is 0.835. The first-order valence-electron chi connectivity index (χ1n) is 5.37. The summed E-state index contributed by atoms with van der Waals surface area (Å²) in [6.07, 6.45) is 0. The van der Waals surface area contributed by atoms with E-state index < -0.39 is 0 Å². The maximum absolute atomic E-state index is 5.30. The van der Waals surface area contributed by atoms with Crippen molar-refractivity contribution in [2.45, 2.75) is 30.6 Å². The van der Waals surface area contributed by atoms with E-state index in [2.05, 4.69) is 36.5 Å². The Morgan fingerprint density at radius 1 is 1.35 bits per heavy atom. The summed E-state index contributed by atoms with van der Waals surface area (Å²) >= 11 is 3.25. The second-order valence-electron chi connectivity index (χ2n) is 4.74. The van der Waals surface area contributed by atoms with Gasteiger partial charge in [0.2, 0.25) is 0 Å². The van der Waals surface area contributed by atoms with Crippen molar-refractivity contribution in [2.24, 2.45) is 0 Å². The lowest BCUT2D eigenvalue weighted by molar-refractivity contribution is 0.419. The van der Waals surface area contributed by atoms with E-state index in [1.807, 2.05) is 12.1 Å². The van der Waals surface area contributed by atoms with Gasteiger partial charge in [0.15, 0.2) is 4.34 Å². The number of thiazole rings is 1. The number of benzene rings is 1. The molecule has 1 heterocycles. The first kappa shape index (κ1) is 12.7. The number of nitrogens with zero attached hydrogens (tertiary/aromatic N) is 1. The zero-order chi connectivity index (χ0) is 12.5. The molecule has 0 aliphatic heterocycles. The molecule has 0 saturated carbocycles. The Morgan fingerprint density at radius 2 is 2.12 bits per heavy atom. The van der Waals surface area contributed by atoms with Crippen LogP contribution in [0.3, 0.4) is 0 Å². The van der Waals surface area contributed by atoms with Crippen molar-refractivity contribution in [2.75, 3.05) is 7.11 Å². The standard InChI is InChI=1S/C12H16N2OS2/c1-12(2,3)14-17-11-13-10-8(15-4)6-5-7-9(10)16-11/h5-7,14H,1-4H3. The molecule has 0 aliphatic carbocycles. The Balaban J connectivity index is 2.26. The fourth-order valence-electron chi connectivity index (χ4n) is 1.31. The van der Waals surface area contributed by atoms with Gasteiger partial charge in [0, 0.05) is 5.54 Å². The fraction of sp³-hybridized carbons (Fsp3) is 0.417. The van der Waals surface area contributed by atoms with Crippen LogP contribution in [-0.4, -0.2) is 17.6 Å². The molecule has 3 nitrogen and oxygen atoms in total. The SMILES string of the molecule is COc1cccc2sc(SNC(C)(C)C)nc12. The number of nitrogens with one attached hydrogen (secondary N) is 1. The number of aromatic nitrogens is 1. The Kier molecular flexibility index (Phi) is 3.61. The van der Waals surface area contributed by atoms with Crippen LogP contribution in [0.1, 0.15) is 20.8 Å². The van der Waals surface area contributed by atoms with Crippen LogP contribution in [0.2, 0.25) is 0 Å². The summed E-state index contributed by atoms with van der Waals surface area (Å²) in [6.45, 7) is 6.40. The number of hydrogen-bond acceptors (Lipinski definition) is 5. The summed E-state index contributed by atoms with van der Waals surface area (Å²) in [6, 6.07) is 6.00. The lowest BCUT2D eigenvalue weighted by Gasteiger charge is -2.17. The maximum Gasteiger partial charge on any atom is 0.166 e. The van der Waals surface area contributed by atoms with Crippen molar-refractivity contribution < 1.29 is 4.74 Å². The summed E-state index contributed by atoms with van der Waals surface area (Å²) in [7, 11) is 1.67. The van der Waals surface area contributed by atoms with Crippen molar-refractivity contribution in [3.8, 4) is 5.75 Å². The molecule has 0 unspecified atom stereocenters. The number of methoxy groups -OCH3 is 1. The molecule has 1 aromatic carbocycles. The second kappa shape index (κ2) is 4.84. The number of ether oxygens (including phenoxy) is 1.